The van der Waals surface area contributed by atoms with Crippen molar-refractivity contribution in [1.29, 1.82) is 0 Å². The van der Waals surface area contributed by atoms with Crippen LogP contribution in [0.2, 0.25) is 5.02 Å². The van der Waals surface area contributed by atoms with Crippen molar-refractivity contribution in [3.05, 3.63) is 22.8 Å². The van der Waals surface area contributed by atoms with E-state index in [1.165, 1.54) is 12.3 Å². The van der Waals surface area contributed by atoms with Gasteiger partial charge < -0.3 is 15.9 Å². The van der Waals surface area contributed by atoms with Crippen LogP contribution < -0.4 is 5.73 Å². The number of nitrogens with two attached hydrogens (primary N) is 1. The lowest BCUT2D eigenvalue weighted by Crippen LogP contribution is -2.45. The predicted molar refractivity (Wildman–Crippen MR) is 57.9 cm³/mol. The van der Waals surface area contributed by atoms with Crippen molar-refractivity contribution in [2.45, 2.75) is 18.4 Å². The second-order valence-electron chi connectivity index (χ2n) is 4.06. The lowest BCUT2D eigenvalue weighted by Gasteiger charge is -2.42. The standard InChI is InChI=1S/C10H11ClN2O3/c11-6-1-7(8(12)13-4-6)10(16)2-5(3-10)9(14)15/h1,4-5,16H,2-3H2,(H2,12,13)(H,14,15). The van der Waals surface area contributed by atoms with Gasteiger partial charge in [0.2, 0.25) is 0 Å². The number of anilines is 1. The number of halogens is 1. The van der Waals surface area contributed by atoms with E-state index in [0.717, 1.165) is 0 Å². The van der Waals surface area contributed by atoms with Crippen LogP contribution in [0.25, 0.3) is 0 Å². The van der Waals surface area contributed by atoms with Crippen LogP contribution in [-0.2, 0) is 10.4 Å². The predicted octanol–water partition coefficient (Wildman–Crippen LogP) is 0.999. The molecule has 2 rings (SSSR count). The number of aliphatic carboxylic acids is 1. The van der Waals surface area contributed by atoms with Gasteiger partial charge in [0.1, 0.15) is 5.82 Å². The highest BCUT2D eigenvalue weighted by Crippen LogP contribution is 2.47. The average molecular weight is 243 g/mol. The SMILES string of the molecule is Nc1ncc(Cl)cc1C1(O)CC(C(=O)O)C1. The Morgan fingerprint density at radius 1 is 1.62 bits per heavy atom. The van der Waals surface area contributed by atoms with Gasteiger partial charge in [-0.1, -0.05) is 11.6 Å². The highest BCUT2D eigenvalue weighted by molar-refractivity contribution is 6.30. The van der Waals surface area contributed by atoms with E-state index in [0.29, 0.717) is 10.6 Å². The summed E-state index contributed by atoms with van der Waals surface area (Å²) in [5.74, 6) is -1.24. The molecule has 6 heteroatoms. The van der Waals surface area contributed by atoms with Crippen molar-refractivity contribution in [2.75, 3.05) is 5.73 Å². The van der Waals surface area contributed by atoms with Crippen LogP contribution in [0, 0.1) is 5.92 Å². The van der Waals surface area contributed by atoms with Crippen molar-refractivity contribution in [1.82, 2.24) is 4.98 Å². The fourth-order valence-electron chi connectivity index (χ4n) is 1.97. The van der Waals surface area contributed by atoms with E-state index in [4.69, 9.17) is 22.4 Å². The summed E-state index contributed by atoms with van der Waals surface area (Å²) in [6.07, 6.45) is 1.68. The smallest absolute Gasteiger partial charge is 0.306 e. The molecule has 1 aromatic rings. The van der Waals surface area contributed by atoms with Crippen molar-refractivity contribution in [3.63, 3.8) is 0 Å². The summed E-state index contributed by atoms with van der Waals surface area (Å²) in [5, 5.41) is 19.3. The number of hydrogen-bond acceptors (Lipinski definition) is 4. The minimum absolute atomic E-state index is 0.147. The van der Waals surface area contributed by atoms with Gasteiger partial charge in [0, 0.05) is 11.8 Å². The van der Waals surface area contributed by atoms with Crippen LogP contribution in [-0.4, -0.2) is 21.2 Å². The molecule has 86 valence electrons. The number of carboxylic acids is 1. The van der Waals surface area contributed by atoms with Crippen molar-refractivity contribution < 1.29 is 15.0 Å². The molecular weight excluding hydrogens is 232 g/mol. The van der Waals surface area contributed by atoms with Crippen LogP contribution in [0.5, 0.6) is 0 Å². The minimum Gasteiger partial charge on any atom is -0.481 e. The molecule has 1 saturated carbocycles. The molecule has 0 aliphatic heterocycles. The second-order valence-corrected chi connectivity index (χ2v) is 4.50. The maximum absolute atomic E-state index is 10.7. The molecule has 1 aromatic heterocycles. The van der Waals surface area contributed by atoms with Gasteiger partial charge in [0.05, 0.1) is 16.5 Å². The molecule has 1 aliphatic rings. The Labute approximate surface area is 96.9 Å². The van der Waals surface area contributed by atoms with Crippen molar-refractivity contribution in [3.8, 4) is 0 Å². The maximum atomic E-state index is 10.7. The monoisotopic (exact) mass is 242 g/mol. The molecule has 0 spiro atoms. The normalized spacial score (nSPS) is 28.5. The van der Waals surface area contributed by atoms with E-state index in [1.54, 1.807) is 0 Å². The van der Waals surface area contributed by atoms with Gasteiger partial charge in [-0.05, 0) is 18.9 Å². The van der Waals surface area contributed by atoms with Gasteiger partial charge in [0.15, 0.2) is 0 Å². The molecule has 0 saturated heterocycles. The molecule has 0 amide bonds. The third kappa shape index (κ3) is 1.72. The molecular formula is C10H11ClN2O3. The summed E-state index contributed by atoms with van der Waals surface area (Å²) < 4.78 is 0. The van der Waals surface area contributed by atoms with Gasteiger partial charge in [-0.25, -0.2) is 4.98 Å². The largest absolute Gasteiger partial charge is 0.481 e. The van der Waals surface area contributed by atoms with Gasteiger partial charge >= 0.3 is 5.97 Å². The molecule has 1 aliphatic carbocycles. The molecule has 0 unspecified atom stereocenters. The summed E-state index contributed by atoms with van der Waals surface area (Å²) in [6.45, 7) is 0. The van der Waals surface area contributed by atoms with E-state index in [1.807, 2.05) is 0 Å². The Morgan fingerprint density at radius 2 is 2.25 bits per heavy atom. The van der Waals surface area contributed by atoms with Crippen LogP contribution in [0.15, 0.2) is 12.3 Å². The Kier molecular flexibility index (Phi) is 2.52. The summed E-state index contributed by atoms with van der Waals surface area (Å²) in [6, 6.07) is 1.53. The molecule has 0 aromatic carbocycles. The third-order valence-corrected chi connectivity index (χ3v) is 3.11. The summed E-state index contributed by atoms with van der Waals surface area (Å²) >= 11 is 5.76. The molecule has 1 heterocycles. The number of aromatic nitrogens is 1. The van der Waals surface area contributed by atoms with Crippen LogP contribution >= 0.6 is 11.6 Å². The molecule has 16 heavy (non-hydrogen) atoms. The topological polar surface area (TPSA) is 96.4 Å². The average Bonchev–Trinajstić information content (AvgIpc) is 2.16. The number of carbonyl (C=O) groups is 1. The van der Waals surface area contributed by atoms with Crippen molar-refractivity contribution in [2.24, 2.45) is 5.92 Å². The number of rotatable bonds is 2. The number of hydrogen-bond donors (Lipinski definition) is 3. The van der Waals surface area contributed by atoms with Crippen LogP contribution in [0.1, 0.15) is 18.4 Å². The van der Waals surface area contributed by atoms with Gasteiger partial charge in [0.25, 0.3) is 0 Å². The molecule has 5 nitrogen and oxygen atoms in total. The first-order chi connectivity index (χ1) is 7.42. The second kappa shape index (κ2) is 3.61. The maximum Gasteiger partial charge on any atom is 0.306 e. The quantitative estimate of drug-likeness (QED) is 0.719. The van der Waals surface area contributed by atoms with E-state index >= 15 is 0 Å². The summed E-state index contributed by atoms with van der Waals surface area (Å²) in [7, 11) is 0. The lowest BCUT2D eigenvalue weighted by atomic mass is 9.67. The fraction of sp³-hybridized carbons (Fsp3) is 0.400. The third-order valence-electron chi connectivity index (χ3n) is 2.90. The molecule has 4 N–H and O–H groups in total. The number of nitrogens with zero attached hydrogens (tertiary/aromatic N) is 1. The number of pyridine rings is 1. The van der Waals surface area contributed by atoms with Gasteiger partial charge in [-0.2, -0.15) is 0 Å². The van der Waals surface area contributed by atoms with E-state index < -0.39 is 17.5 Å². The first-order valence-corrected chi connectivity index (χ1v) is 5.17. The first-order valence-electron chi connectivity index (χ1n) is 4.79. The van der Waals surface area contributed by atoms with E-state index in [-0.39, 0.29) is 18.7 Å². The Balaban J connectivity index is 2.26. The zero-order valence-electron chi connectivity index (χ0n) is 8.35. The highest BCUT2D eigenvalue weighted by atomic mass is 35.5. The van der Waals surface area contributed by atoms with E-state index in [2.05, 4.69) is 4.98 Å². The van der Waals surface area contributed by atoms with Gasteiger partial charge in [-0.3, -0.25) is 4.79 Å². The number of aliphatic hydroxyl groups is 1. The molecule has 1 fully saturated rings. The van der Waals surface area contributed by atoms with E-state index in [9.17, 15) is 9.90 Å². The Morgan fingerprint density at radius 3 is 2.81 bits per heavy atom. The van der Waals surface area contributed by atoms with Crippen molar-refractivity contribution >= 4 is 23.4 Å². The molecule has 0 atom stereocenters. The van der Waals surface area contributed by atoms with Crippen LogP contribution in [0.4, 0.5) is 5.82 Å². The molecule has 0 bridgehead atoms. The lowest BCUT2D eigenvalue weighted by molar-refractivity contribution is -0.159. The Bertz CT molecular complexity index is 444. The minimum atomic E-state index is -1.20. The summed E-state index contributed by atoms with van der Waals surface area (Å²) in [4.78, 5) is 14.5. The zero-order valence-corrected chi connectivity index (χ0v) is 9.11. The number of nitrogen functional groups attached to an aromatic ring is 1. The fourth-order valence-corrected chi connectivity index (χ4v) is 2.13. The first kappa shape index (κ1) is 11.2. The zero-order chi connectivity index (χ0) is 11.9. The van der Waals surface area contributed by atoms with Gasteiger partial charge in [-0.15, -0.1) is 0 Å². The van der Waals surface area contributed by atoms with Crippen LogP contribution in [0.3, 0.4) is 0 Å². The highest BCUT2D eigenvalue weighted by Gasteiger charge is 2.48. The Hall–Kier alpha value is -1.33. The molecule has 0 radical (unpaired) electrons. The number of carboxylic acid groups (broad SMARTS) is 1. The summed E-state index contributed by atoms with van der Waals surface area (Å²) in [5.41, 5.74) is 4.84.